The van der Waals surface area contributed by atoms with Gasteiger partial charge in [-0.25, -0.2) is 4.79 Å². The summed E-state index contributed by atoms with van der Waals surface area (Å²) in [5.74, 6) is -3.44. The molecular formula is C35H47NO10. The molecule has 0 unspecified atom stereocenters. The van der Waals surface area contributed by atoms with Gasteiger partial charge in [-0.3, -0.25) is 24.5 Å². The molecule has 252 valence electrons. The summed E-state index contributed by atoms with van der Waals surface area (Å²) >= 11 is 0. The van der Waals surface area contributed by atoms with Gasteiger partial charge < -0.3 is 18.9 Å². The van der Waals surface area contributed by atoms with Crippen LogP contribution in [-0.4, -0.2) is 28.8 Å². The molecule has 0 aliphatic rings. The average molecular weight is 642 g/mol. The first-order valence-electron chi connectivity index (χ1n) is 16.4. The number of hydrogen-bond acceptors (Lipinski definition) is 10. The number of nitro benzene ring substituents is 1. The average Bonchev–Trinajstić information content (AvgIpc) is 3.03. The van der Waals surface area contributed by atoms with Crippen molar-refractivity contribution in [2.45, 2.75) is 124 Å². The van der Waals surface area contributed by atoms with E-state index in [0.29, 0.717) is 24.8 Å². The maximum absolute atomic E-state index is 13.2. The van der Waals surface area contributed by atoms with E-state index < -0.39 is 28.8 Å². The van der Waals surface area contributed by atoms with E-state index in [9.17, 15) is 29.3 Å². The van der Waals surface area contributed by atoms with Crippen LogP contribution in [0.1, 0.15) is 133 Å². The predicted octanol–water partition coefficient (Wildman–Crippen LogP) is 8.58. The summed E-state index contributed by atoms with van der Waals surface area (Å²) in [6, 6.07) is 8.06. The molecule has 0 aliphatic carbocycles. The fourth-order valence-electron chi connectivity index (χ4n) is 4.54. The molecule has 0 spiro atoms. The Kier molecular flexibility index (Phi) is 17.7. The van der Waals surface area contributed by atoms with Crippen molar-refractivity contribution in [1.29, 1.82) is 0 Å². The van der Waals surface area contributed by atoms with Crippen molar-refractivity contribution in [3.05, 3.63) is 57.6 Å². The molecule has 0 aliphatic heterocycles. The van der Waals surface area contributed by atoms with Crippen molar-refractivity contribution < 1.29 is 43.0 Å². The third kappa shape index (κ3) is 14.2. The van der Waals surface area contributed by atoms with Crippen LogP contribution in [0.3, 0.4) is 0 Å². The molecule has 0 amide bonds. The third-order valence-corrected chi connectivity index (χ3v) is 7.11. The van der Waals surface area contributed by atoms with Crippen LogP contribution in [0.5, 0.6) is 17.2 Å². The summed E-state index contributed by atoms with van der Waals surface area (Å²) in [5.41, 5.74) is 0.0973. The van der Waals surface area contributed by atoms with Crippen molar-refractivity contribution in [3.63, 3.8) is 0 Å². The standard InChI is InChI=1S/C35H47NO10/c1-4-7-10-13-19-31(37)44-29-23-27(35(40)43-25-26-17-16-18-28(22-26)36(41)42)24-30(45-32(38)20-14-11-8-5-2)34(29)46-33(39)21-15-12-9-6-3/h16-18,22-24H,4-15,19-21,25H2,1-3H3. The van der Waals surface area contributed by atoms with E-state index in [4.69, 9.17) is 18.9 Å². The summed E-state index contributed by atoms with van der Waals surface area (Å²) < 4.78 is 22.3. The van der Waals surface area contributed by atoms with Crippen molar-refractivity contribution in [2.75, 3.05) is 0 Å². The van der Waals surface area contributed by atoms with Crippen LogP contribution in [-0.2, 0) is 25.7 Å². The van der Waals surface area contributed by atoms with Crippen LogP contribution in [0.2, 0.25) is 0 Å². The summed E-state index contributed by atoms with van der Waals surface area (Å²) in [5, 5.41) is 11.1. The highest BCUT2D eigenvalue weighted by atomic mass is 16.6. The van der Waals surface area contributed by atoms with Gasteiger partial charge in [0.05, 0.1) is 10.5 Å². The molecule has 2 aromatic carbocycles. The SMILES string of the molecule is CCCCCCC(=O)Oc1cc(C(=O)OCc2cccc([N+](=O)[O-])c2)cc(OC(=O)CCCCCC)c1OC(=O)CCCCCC. The van der Waals surface area contributed by atoms with Crippen LogP contribution < -0.4 is 14.2 Å². The number of hydrogen-bond donors (Lipinski definition) is 0. The number of unbranched alkanes of at least 4 members (excludes halogenated alkanes) is 9. The summed E-state index contributed by atoms with van der Waals surface area (Å²) in [7, 11) is 0. The van der Waals surface area contributed by atoms with E-state index in [1.165, 1.54) is 30.3 Å². The molecule has 0 fully saturated rings. The lowest BCUT2D eigenvalue weighted by atomic mass is 10.1. The summed E-state index contributed by atoms with van der Waals surface area (Å²) in [6.07, 6.45) is 10.4. The lowest BCUT2D eigenvalue weighted by molar-refractivity contribution is -0.384. The Morgan fingerprint density at radius 3 is 1.59 bits per heavy atom. The van der Waals surface area contributed by atoms with Gasteiger partial charge in [0.2, 0.25) is 5.75 Å². The number of nitrogens with zero attached hydrogens (tertiary/aromatic N) is 1. The van der Waals surface area contributed by atoms with Crippen LogP contribution >= 0.6 is 0 Å². The quantitative estimate of drug-likeness (QED) is 0.0402. The maximum atomic E-state index is 13.2. The number of carbonyl (C=O) groups is 4. The van der Waals surface area contributed by atoms with Crippen LogP contribution in [0.4, 0.5) is 5.69 Å². The fourth-order valence-corrected chi connectivity index (χ4v) is 4.54. The normalized spacial score (nSPS) is 10.7. The highest BCUT2D eigenvalue weighted by Crippen LogP contribution is 2.40. The van der Waals surface area contributed by atoms with Crippen LogP contribution in [0.15, 0.2) is 36.4 Å². The Balaban J connectivity index is 2.42. The van der Waals surface area contributed by atoms with Gasteiger partial charge in [-0.1, -0.05) is 90.7 Å². The number of ether oxygens (including phenoxy) is 4. The second-order valence-electron chi connectivity index (χ2n) is 11.2. The lowest BCUT2D eigenvalue weighted by Crippen LogP contribution is -2.16. The molecule has 2 aromatic rings. The molecule has 11 heteroatoms. The van der Waals surface area contributed by atoms with E-state index in [1.54, 1.807) is 6.07 Å². The Morgan fingerprint density at radius 2 is 1.13 bits per heavy atom. The number of esters is 4. The number of benzene rings is 2. The maximum Gasteiger partial charge on any atom is 0.338 e. The monoisotopic (exact) mass is 641 g/mol. The number of carbonyl (C=O) groups excluding carboxylic acids is 4. The van der Waals surface area contributed by atoms with Gasteiger partial charge in [-0.15, -0.1) is 0 Å². The minimum absolute atomic E-state index is 0.0956. The minimum Gasteiger partial charge on any atom is -0.457 e. The summed E-state index contributed by atoms with van der Waals surface area (Å²) in [4.78, 5) is 62.3. The smallest absolute Gasteiger partial charge is 0.338 e. The number of nitro groups is 1. The zero-order valence-electron chi connectivity index (χ0n) is 27.3. The van der Waals surface area contributed by atoms with Gasteiger partial charge >= 0.3 is 23.9 Å². The third-order valence-electron chi connectivity index (χ3n) is 7.11. The minimum atomic E-state index is -0.871. The highest BCUT2D eigenvalue weighted by molar-refractivity contribution is 5.92. The Labute approximate surface area is 271 Å². The molecule has 0 heterocycles. The van der Waals surface area contributed by atoms with Gasteiger partial charge in [-0.05, 0) is 37.0 Å². The van der Waals surface area contributed by atoms with Crippen molar-refractivity contribution in [3.8, 4) is 17.2 Å². The zero-order chi connectivity index (χ0) is 33.7. The van der Waals surface area contributed by atoms with E-state index in [2.05, 4.69) is 20.8 Å². The first-order chi connectivity index (χ1) is 22.2. The second-order valence-corrected chi connectivity index (χ2v) is 11.2. The molecule has 0 saturated heterocycles. The first kappa shape index (κ1) is 37.9. The predicted molar refractivity (Wildman–Crippen MR) is 172 cm³/mol. The Hall–Kier alpha value is -4.28. The number of non-ortho nitro benzene ring substituents is 1. The first-order valence-corrected chi connectivity index (χ1v) is 16.4. The molecule has 0 bridgehead atoms. The van der Waals surface area contributed by atoms with E-state index in [-0.39, 0.29) is 54.4 Å². The van der Waals surface area contributed by atoms with Gasteiger partial charge in [0.25, 0.3) is 5.69 Å². The van der Waals surface area contributed by atoms with Gasteiger partial charge in [0, 0.05) is 31.4 Å². The Bertz CT molecular complexity index is 1260. The molecular weight excluding hydrogens is 594 g/mol. The van der Waals surface area contributed by atoms with E-state index in [0.717, 1.165) is 57.8 Å². The number of rotatable bonds is 22. The molecule has 2 rings (SSSR count). The Morgan fingerprint density at radius 1 is 0.652 bits per heavy atom. The van der Waals surface area contributed by atoms with Gasteiger partial charge in [0.1, 0.15) is 6.61 Å². The van der Waals surface area contributed by atoms with Gasteiger partial charge in [0.15, 0.2) is 11.5 Å². The molecule has 0 radical (unpaired) electrons. The molecule has 0 atom stereocenters. The highest BCUT2D eigenvalue weighted by Gasteiger charge is 2.25. The van der Waals surface area contributed by atoms with Crippen molar-refractivity contribution in [2.24, 2.45) is 0 Å². The topological polar surface area (TPSA) is 148 Å². The fraction of sp³-hybridized carbons (Fsp3) is 0.543. The zero-order valence-corrected chi connectivity index (χ0v) is 27.3. The van der Waals surface area contributed by atoms with E-state index in [1.807, 2.05) is 0 Å². The largest absolute Gasteiger partial charge is 0.457 e. The van der Waals surface area contributed by atoms with Crippen LogP contribution in [0, 0.1) is 10.1 Å². The van der Waals surface area contributed by atoms with Crippen molar-refractivity contribution >= 4 is 29.6 Å². The van der Waals surface area contributed by atoms with E-state index >= 15 is 0 Å². The van der Waals surface area contributed by atoms with Gasteiger partial charge in [-0.2, -0.15) is 0 Å². The molecule has 11 nitrogen and oxygen atoms in total. The summed E-state index contributed by atoms with van der Waals surface area (Å²) in [6.45, 7) is 5.88. The van der Waals surface area contributed by atoms with Crippen LogP contribution in [0.25, 0.3) is 0 Å². The van der Waals surface area contributed by atoms with Crippen molar-refractivity contribution in [1.82, 2.24) is 0 Å². The molecule has 0 N–H and O–H groups in total. The molecule has 0 aromatic heterocycles. The molecule has 46 heavy (non-hydrogen) atoms. The lowest BCUT2D eigenvalue weighted by Gasteiger charge is -2.16. The molecule has 0 saturated carbocycles. The second kappa shape index (κ2) is 21.5.